The van der Waals surface area contributed by atoms with E-state index in [-0.39, 0.29) is 18.9 Å². The maximum absolute atomic E-state index is 12.7. The van der Waals surface area contributed by atoms with Crippen LogP contribution in [0.1, 0.15) is 18.4 Å². The van der Waals surface area contributed by atoms with Crippen LogP contribution < -0.4 is 13.9 Å². The van der Waals surface area contributed by atoms with Crippen LogP contribution >= 0.6 is 23.2 Å². The minimum Gasteiger partial charge on any atom is -0.495 e. The van der Waals surface area contributed by atoms with Crippen LogP contribution in [0.5, 0.6) is 5.75 Å². The molecule has 10 heteroatoms. The summed E-state index contributed by atoms with van der Waals surface area (Å²) in [5, 5.41) is 1.02. The largest absolute Gasteiger partial charge is 0.495 e. The smallest absolute Gasteiger partial charge is 0.232 e. The average Bonchev–Trinajstić information content (AvgIpc) is 2.77. The first-order valence-corrected chi connectivity index (χ1v) is 13.3. The molecule has 0 unspecified atom stereocenters. The molecule has 3 rings (SSSR count). The van der Waals surface area contributed by atoms with Crippen molar-refractivity contribution >= 4 is 50.5 Å². The Hall–Kier alpha value is -2.16. The zero-order valence-electron chi connectivity index (χ0n) is 19.1. The molecule has 0 radical (unpaired) electrons. The third-order valence-electron chi connectivity index (χ3n) is 5.72. The lowest BCUT2D eigenvalue weighted by molar-refractivity contribution is -0.131. The topological polar surface area (TPSA) is 70.2 Å². The van der Waals surface area contributed by atoms with E-state index >= 15 is 0 Å². The molecular formula is C23H29Cl2N3O4S. The predicted octanol–water partition coefficient (Wildman–Crippen LogP) is 4.21. The van der Waals surface area contributed by atoms with Crippen LogP contribution in [-0.2, 0) is 14.8 Å². The summed E-state index contributed by atoms with van der Waals surface area (Å²) in [6.07, 6.45) is 1.82. The summed E-state index contributed by atoms with van der Waals surface area (Å²) < 4.78 is 31.1. The van der Waals surface area contributed by atoms with Crippen molar-refractivity contribution in [3.05, 3.63) is 52.0 Å². The zero-order chi connectivity index (χ0) is 24.2. The second-order valence-corrected chi connectivity index (χ2v) is 10.8. The summed E-state index contributed by atoms with van der Waals surface area (Å²) in [7, 11) is -2.03. The summed E-state index contributed by atoms with van der Waals surface area (Å²) in [6.45, 7) is 4.93. The van der Waals surface area contributed by atoms with Crippen LogP contribution in [0.25, 0.3) is 0 Å². The normalized spacial score (nSPS) is 14.3. The van der Waals surface area contributed by atoms with Crippen LogP contribution in [0.4, 0.5) is 11.4 Å². The summed E-state index contributed by atoms with van der Waals surface area (Å²) >= 11 is 12.3. The number of sulfonamides is 1. The number of halogens is 2. The Morgan fingerprint density at radius 1 is 1.09 bits per heavy atom. The van der Waals surface area contributed by atoms with Crippen LogP contribution in [0.15, 0.2) is 36.4 Å². The van der Waals surface area contributed by atoms with E-state index in [1.54, 1.807) is 18.2 Å². The highest BCUT2D eigenvalue weighted by atomic mass is 35.5. The highest BCUT2D eigenvalue weighted by Crippen LogP contribution is 2.30. The van der Waals surface area contributed by atoms with E-state index < -0.39 is 10.0 Å². The maximum atomic E-state index is 12.7. The highest BCUT2D eigenvalue weighted by Gasteiger charge is 2.23. The lowest BCUT2D eigenvalue weighted by Crippen LogP contribution is -2.49. The lowest BCUT2D eigenvalue weighted by Gasteiger charge is -2.37. The van der Waals surface area contributed by atoms with Gasteiger partial charge in [-0.05, 0) is 49.2 Å². The van der Waals surface area contributed by atoms with Gasteiger partial charge in [-0.25, -0.2) is 8.42 Å². The van der Waals surface area contributed by atoms with E-state index in [4.69, 9.17) is 27.9 Å². The Morgan fingerprint density at radius 3 is 2.39 bits per heavy atom. The standard InChI is InChI=1S/C23H29Cl2N3O4S/c1-17-6-7-18(24)15-21(17)26-11-13-27(14-12-26)23(29)5-4-10-28(33(3,30)31)19-8-9-22(32-2)20(25)16-19/h6-9,15-16H,4-5,10-14H2,1-3H3. The van der Waals surface area contributed by atoms with Gasteiger partial charge in [-0.1, -0.05) is 29.3 Å². The van der Waals surface area contributed by atoms with E-state index in [0.29, 0.717) is 41.0 Å². The third kappa shape index (κ3) is 6.46. The Morgan fingerprint density at radius 2 is 1.79 bits per heavy atom. The number of amides is 1. The molecule has 0 N–H and O–H groups in total. The Kier molecular flexibility index (Phi) is 8.37. The molecule has 0 bridgehead atoms. The molecule has 0 spiro atoms. The second kappa shape index (κ2) is 10.8. The minimum atomic E-state index is -3.53. The zero-order valence-corrected chi connectivity index (χ0v) is 21.4. The summed E-state index contributed by atoms with van der Waals surface area (Å²) in [5.41, 5.74) is 2.69. The number of rotatable bonds is 8. The van der Waals surface area contributed by atoms with Gasteiger partial charge in [-0.3, -0.25) is 9.10 Å². The summed E-state index contributed by atoms with van der Waals surface area (Å²) in [5.74, 6) is 0.495. The van der Waals surface area contributed by atoms with Crippen molar-refractivity contribution < 1.29 is 17.9 Å². The first-order chi connectivity index (χ1) is 15.6. The maximum Gasteiger partial charge on any atom is 0.232 e. The molecule has 7 nitrogen and oxygen atoms in total. The van der Waals surface area contributed by atoms with Gasteiger partial charge in [-0.15, -0.1) is 0 Å². The molecule has 0 aliphatic carbocycles. The van der Waals surface area contributed by atoms with E-state index in [0.717, 1.165) is 30.6 Å². The number of aryl methyl sites for hydroxylation is 1. The van der Waals surface area contributed by atoms with Gasteiger partial charge in [0.25, 0.3) is 0 Å². The van der Waals surface area contributed by atoms with Crippen molar-refractivity contribution in [3.63, 3.8) is 0 Å². The number of piperazine rings is 1. The van der Waals surface area contributed by atoms with Gasteiger partial charge < -0.3 is 14.5 Å². The second-order valence-electron chi connectivity index (χ2n) is 8.06. The number of ether oxygens (including phenoxy) is 1. The van der Waals surface area contributed by atoms with E-state index in [2.05, 4.69) is 4.90 Å². The predicted molar refractivity (Wildman–Crippen MR) is 134 cm³/mol. The minimum absolute atomic E-state index is 0.0266. The van der Waals surface area contributed by atoms with Crippen molar-refractivity contribution in [1.82, 2.24) is 4.90 Å². The van der Waals surface area contributed by atoms with Crippen molar-refractivity contribution in [1.29, 1.82) is 0 Å². The molecule has 1 aliphatic rings. The molecule has 0 aromatic heterocycles. The van der Waals surface area contributed by atoms with Gasteiger partial charge in [-0.2, -0.15) is 0 Å². The van der Waals surface area contributed by atoms with Gasteiger partial charge in [0.15, 0.2) is 0 Å². The van der Waals surface area contributed by atoms with Gasteiger partial charge in [0, 0.05) is 49.9 Å². The number of benzene rings is 2. The van der Waals surface area contributed by atoms with Gasteiger partial charge in [0.2, 0.25) is 15.9 Å². The fourth-order valence-electron chi connectivity index (χ4n) is 3.95. The molecule has 0 atom stereocenters. The third-order valence-corrected chi connectivity index (χ3v) is 7.44. The van der Waals surface area contributed by atoms with Gasteiger partial charge in [0.1, 0.15) is 5.75 Å². The van der Waals surface area contributed by atoms with Gasteiger partial charge in [0.05, 0.1) is 24.1 Å². The molecule has 1 heterocycles. The van der Waals surface area contributed by atoms with Crippen molar-refractivity contribution in [2.45, 2.75) is 19.8 Å². The van der Waals surface area contributed by atoms with Crippen molar-refractivity contribution in [2.75, 3.05) is 55.3 Å². The summed E-state index contributed by atoms with van der Waals surface area (Å²) in [6, 6.07) is 10.7. The number of nitrogens with zero attached hydrogens (tertiary/aromatic N) is 3. The van der Waals surface area contributed by atoms with Crippen molar-refractivity contribution in [3.8, 4) is 5.75 Å². The first kappa shape index (κ1) is 25.5. The van der Waals surface area contributed by atoms with E-state index in [1.165, 1.54) is 11.4 Å². The Balaban J connectivity index is 1.55. The van der Waals surface area contributed by atoms with E-state index in [1.807, 2.05) is 30.0 Å². The number of carbonyl (C=O) groups excluding carboxylic acids is 1. The monoisotopic (exact) mass is 513 g/mol. The number of hydrogen-bond acceptors (Lipinski definition) is 5. The van der Waals surface area contributed by atoms with Crippen LogP contribution in [0, 0.1) is 6.92 Å². The molecule has 0 saturated carbocycles. The molecule has 1 amide bonds. The first-order valence-electron chi connectivity index (χ1n) is 10.7. The summed E-state index contributed by atoms with van der Waals surface area (Å²) in [4.78, 5) is 16.8. The number of methoxy groups -OCH3 is 1. The van der Waals surface area contributed by atoms with Crippen molar-refractivity contribution in [2.24, 2.45) is 0 Å². The van der Waals surface area contributed by atoms with Crippen LogP contribution in [-0.4, -0.2) is 65.3 Å². The molecule has 1 aliphatic heterocycles. The molecule has 2 aromatic rings. The molecular weight excluding hydrogens is 485 g/mol. The fraction of sp³-hybridized carbons (Fsp3) is 0.435. The van der Waals surface area contributed by atoms with Crippen LogP contribution in [0.3, 0.4) is 0 Å². The number of anilines is 2. The molecule has 1 saturated heterocycles. The van der Waals surface area contributed by atoms with Gasteiger partial charge >= 0.3 is 0 Å². The highest BCUT2D eigenvalue weighted by molar-refractivity contribution is 7.92. The fourth-order valence-corrected chi connectivity index (χ4v) is 5.32. The van der Waals surface area contributed by atoms with Crippen LogP contribution in [0.2, 0.25) is 10.0 Å². The number of hydrogen-bond donors (Lipinski definition) is 0. The molecule has 1 fully saturated rings. The molecule has 2 aromatic carbocycles. The molecule has 33 heavy (non-hydrogen) atoms. The van der Waals surface area contributed by atoms with E-state index in [9.17, 15) is 13.2 Å². The Labute approximate surface area is 205 Å². The molecule has 180 valence electrons. The SMILES string of the molecule is COc1ccc(N(CCCC(=O)N2CCN(c3cc(Cl)ccc3C)CC2)S(C)(=O)=O)cc1Cl. The number of carbonyl (C=O) groups is 1. The average molecular weight is 514 g/mol. The lowest BCUT2D eigenvalue weighted by atomic mass is 10.1. The Bertz CT molecular complexity index is 1100. The quantitative estimate of drug-likeness (QED) is 0.528.